The van der Waals surface area contributed by atoms with Crippen molar-refractivity contribution in [3.05, 3.63) is 29.6 Å². The zero-order chi connectivity index (χ0) is 16.0. The summed E-state index contributed by atoms with van der Waals surface area (Å²) in [5.41, 5.74) is -0.494. The Morgan fingerprint density at radius 1 is 1.38 bits per heavy atom. The van der Waals surface area contributed by atoms with E-state index in [2.05, 4.69) is 0 Å². The van der Waals surface area contributed by atoms with Crippen LogP contribution in [0.3, 0.4) is 0 Å². The monoisotopic (exact) mass is 314 g/mol. The molecule has 116 valence electrons. The van der Waals surface area contributed by atoms with Crippen molar-refractivity contribution >= 4 is 10.0 Å². The van der Waals surface area contributed by atoms with Crippen LogP contribution in [0.15, 0.2) is 23.1 Å². The molecule has 0 aromatic heterocycles. The summed E-state index contributed by atoms with van der Waals surface area (Å²) in [5, 5.41) is 18.1. The summed E-state index contributed by atoms with van der Waals surface area (Å²) < 4.78 is 40.2. The lowest BCUT2D eigenvalue weighted by atomic mass is 10.2. The molecule has 0 heterocycles. The fraction of sp³-hybridized carbons (Fsp3) is 0.500. The first-order valence-corrected chi connectivity index (χ1v) is 8.19. The third-order valence-electron chi connectivity index (χ3n) is 3.34. The molecule has 0 amide bonds. The van der Waals surface area contributed by atoms with Gasteiger partial charge in [0.15, 0.2) is 0 Å². The van der Waals surface area contributed by atoms with Gasteiger partial charge >= 0.3 is 0 Å². The number of halogens is 1. The van der Waals surface area contributed by atoms with Gasteiger partial charge in [0.1, 0.15) is 22.3 Å². The summed E-state index contributed by atoms with van der Waals surface area (Å²) in [6.45, 7) is 3.25. The Hall–Kier alpha value is -1.49. The van der Waals surface area contributed by atoms with Gasteiger partial charge in [-0.3, -0.25) is 0 Å². The standard InChI is InChI=1S/C14H19FN2O3S/c1-3-11(4-2)17(8-9-18)21(19,20)14-7-5-6-13(15)12(14)10-16/h5-7,11,18H,3-4,8-9H2,1-2H3. The minimum absolute atomic E-state index is 0.0872. The highest BCUT2D eigenvalue weighted by molar-refractivity contribution is 7.89. The Balaban J connectivity index is 3.43. The van der Waals surface area contributed by atoms with Crippen molar-refractivity contribution in [3.63, 3.8) is 0 Å². The van der Waals surface area contributed by atoms with Gasteiger partial charge in [-0.25, -0.2) is 12.8 Å². The average Bonchev–Trinajstić information content (AvgIpc) is 2.47. The van der Waals surface area contributed by atoms with Crippen molar-refractivity contribution < 1.29 is 17.9 Å². The topological polar surface area (TPSA) is 81.4 Å². The van der Waals surface area contributed by atoms with Crippen molar-refractivity contribution in [1.82, 2.24) is 4.31 Å². The molecule has 7 heteroatoms. The van der Waals surface area contributed by atoms with Crippen LogP contribution in [0.5, 0.6) is 0 Å². The number of rotatable bonds is 7. The van der Waals surface area contributed by atoms with Gasteiger partial charge in [-0.15, -0.1) is 0 Å². The fourth-order valence-corrected chi connectivity index (χ4v) is 4.16. The third-order valence-corrected chi connectivity index (χ3v) is 5.34. The number of aliphatic hydroxyl groups excluding tert-OH is 1. The first kappa shape index (κ1) is 17.6. The molecule has 0 aliphatic carbocycles. The van der Waals surface area contributed by atoms with Gasteiger partial charge in [0.2, 0.25) is 10.0 Å². The summed E-state index contributed by atoms with van der Waals surface area (Å²) in [6.07, 6.45) is 1.12. The molecule has 0 aliphatic heterocycles. The van der Waals surface area contributed by atoms with Gasteiger partial charge in [-0.05, 0) is 25.0 Å². The highest BCUT2D eigenvalue weighted by Gasteiger charge is 2.32. The van der Waals surface area contributed by atoms with Gasteiger partial charge in [0.25, 0.3) is 0 Å². The van der Waals surface area contributed by atoms with Gasteiger partial charge in [0.05, 0.1) is 6.61 Å². The normalized spacial score (nSPS) is 11.9. The maximum atomic E-state index is 13.6. The molecule has 0 atom stereocenters. The molecule has 1 aromatic carbocycles. The lowest BCUT2D eigenvalue weighted by Gasteiger charge is -2.29. The smallest absolute Gasteiger partial charge is 0.244 e. The van der Waals surface area contributed by atoms with Crippen LogP contribution in [0, 0.1) is 17.1 Å². The van der Waals surface area contributed by atoms with E-state index in [1.807, 2.05) is 13.8 Å². The van der Waals surface area contributed by atoms with Gasteiger partial charge < -0.3 is 5.11 Å². The summed E-state index contributed by atoms with van der Waals surface area (Å²) >= 11 is 0. The van der Waals surface area contributed by atoms with Crippen molar-refractivity contribution in [2.75, 3.05) is 13.2 Å². The van der Waals surface area contributed by atoms with E-state index in [1.54, 1.807) is 6.07 Å². The predicted molar refractivity (Wildman–Crippen MR) is 76.5 cm³/mol. The second-order valence-corrected chi connectivity index (χ2v) is 6.39. The number of benzene rings is 1. The summed E-state index contributed by atoms with van der Waals surface area (Å²) in [6, 6.07) is 4.81. The van der Waals surface area contributed by atoms with Crippen molar-refractivity contribution in [2.45, 2.75) is 37.6 Å². The molecule has 0 aliphatic rings. The summed E-state index contributed by atoms with van der Waals surface area (Å²) in [7, 11) is -4.04. The van der Waals surface area contributed by atoms with E-state index in [4.69, 9.17) is 10.4 Å². The van der Waals surface area contributed by atoms with Crippen LogP contribution in [0.2, 0.25) is 0 Å². The minimum Gasteiger partial charge on any atom is -0.395 e. The third kappa shape index (κ3) is 3.59. The van der Waals surface area contributed by atoms with E-state index in [9.17, 15) is 12.8 Å². The molecule has 1 rings (SSSR count). The van der Waals surface area contributed by atoms with Crippen LogP contribution >= 0.6 is 0 Å². The summed E-state index contributed by atoms with van der Waals surface area (Å²) in [4.78, 5) is -0.356. The van der Waals surface area contributed by atoms with Crippen molar-refractivity contribution in [3.8, 4) is 6.07 Å². The van der Waals surface area contributed by atoms with Crippen molar-refractivity contribution in [2.24, 2.45) is 0 Å². The van der Waals surface area contributed by atoms with E-state index in [-0.39, 0.29) is 24.1 Å². The average molecular weight is 314 g/mol. The molecule has 21 heavy (non-hydrogen) atoms. The van der Waals surface area contributed by atoms with Crippen LogP contribution in [-0.4, -0.2) is 37.0 Å². The minimum atomic E-state index is -4.04. The van der Waals surface area contributed by atoms with Crippen LogP contribution in [-0.2, 0) is 10.0 Å². The largest absolute Gasteiger partial charge is 0.395 e. The van der Waals surface area contributed by atoms with Gasteiger partial charge in [0, 0.05) is 12.6 Å². The van der Waals surface area contributed by atoms with Crippen LogP contribution in [0.1, 0.15) is 32.3 Å². The van der Waals surface area contributed by atoms with E-state index < -0.39 is 21.4 Å². The zero-order valence-electron chi connectivity index (χ0n) is 12.1. The van der Waals surface area contributed by atoms with Crippen LogP contribution in [0.25, 0.3) is 0 Å². The van der Waals surface area contributed by atoms with E-state index in [0.717, 1.165) is 10.4 Å². The molecule has 0 saturated heterocycles. The molecular formula is C14H19FN2O3S. The second-order valence-electron chi connectivity index (χ2n) is 4.53. The zero-order valence-corrected chi connectivity index (χ0v) is 12.9. The molecule has 5 nitrogen and oxygen atoms in total. The molecule has 0 unspecified atom stereocenters. The Morgan fingerprint density at radius 3 is 2.48 bits per heavy atom. The molecule has 0 bridgehead atoms. The Kier molecular flexibility index (Phi) is 6.27. The van der Waals surface area contributed by atoms with E-state index in [0.29, 0.717) is 12.8 Å². The van der Waals surface area contributed by atoms with Crippen LogP contribution in [0.4, 0.5) is 4.39 Å². The Bertz CT molecular complexity index is 622. The highest BCUT2D eigenvalue weighted by atomic mass is 32.2. The molecule has 0 saturated carbocycles. The number of nitrogens with zero attached hydrogens (tertiary/aromatic N) is 2. The number of nitriles is 1. The maximum absolute atomic E-state index is 13.6. The highest BCUT2D eigenvalue weighted by Crippen LogP contribution is 2.25. The molecule has 0 spiro atoms. The SMILES string of the molecule is CCC(CC)N(CCO)S(=O)(=O)c1cccc(F)c1C#N. The molecule has 0 fully saturated rings. The summed E-state index contributed by atoms with van der Waals surface area (Å²) in [5.74, 6) is -0.868. The van der Waals surface area contributed by atoms with E-state index >= 15 is 0 Å². The Labute approximate surface area is 124 Å². The molecule has 0 radical (unpaired) electrons. The van der Waals surface area contributed by atoms with Gasteiger partial charge in [-0.1, -0.05) is 19.9 Å². The molecule has 1 N–H and O–H groups in total. The number of sulfonamides is 1. The van der Waals surface area contributed by atoms with Gasteiger partial charge in [-0.2, -0.15) is 9.57 Å². The number of hydrogen-bond donors (Lipinski definition) is 1. The fourth-order valence-electron chi connectivity index (χ4n) is 2.25. The second kappa shape index (κ2) is 7.50. The number of aliphatic hydroxyl groups is 1. The van der Waals surface area contributed by atoms with Crippen molar-refractivity contribution in [1.29, 1.82) is 5.26 Å². The quantitative estimate of drug-likeness (QED) is 0.833. The first-order chi connectivity index (χ1) is 9.93. The lowest BCUT2D eigenvalue weighted by Crippen LogP contribution is -2.41. The maximum Gasteiger partial charge on any atom is 0.244 e. The lowest BCUT2D eigenvalue weighted by molar-refractivity contribution is 0.219. The molecule has 1 aromatic rings. The first-order valence-electron chi connectivity index (χ1n) is 6.75. The van der Waals surface area contributed by atoms with Crippen LogP contribution < -0.4 is 0 Å². The predicted octanol–water partition coefficient (Wildman–Crippen LogP) is 1.87. The molecular weight excluding hydrogens is 295 g/mol. The van der Waals surface area contributed by atoms with E-state index in [1.165, 1.54) is 12.1 Å². The number of hydrogen-bond acceptors (Lipinski definition) is 4. The Morgan fingerprint density at radius 2 is 2.00 bits per heavy atom.